The van der Waals surface area contributed by atoms with E-state index in [4.69, 9.17) is 5.41 Å². The fourth-order valence-corrected chi connectivity index (χ4v) is 4.84. The van der Waals surface area contributed by atoms with Crippen molar-refractivity contribution in [3.63, 3.8) is 0 Å². The van der Waals surface area contributed by atoms with E-state index in [-0.39, 0.29) is 11.4 Å². The summed E-state index contributed by atoms with van der Waals surface area (Å²) >= 11 is 1.34. The van der Waals surface area contributed by atoms with Crippen LogP contribution in [0.15, 0.2) is 82.5 Å². The van der Waals surface area contributed by atoms with Crippen LogP contribution in [0.2, 0.25) is 0 Å². The molecule has 0 fully saturated rings. The van der Waals surface area contributed by atoms with E-state index in [1.807, 2.05) is 59.3 Å². The van der Waals surface area contributed by atoms with Gasteiger partial charge in [-0.1, -0.05) is 48.5 Å². The van der Waals surface area contributed by atoms with Crippen LogP contribution < -0.4 is 0 Å². The number of aliphatic imine (C=N–C) groups is 1. The van der Waals surface area contributed by atoms with Crippen molar-refractivity contribution < 1.29 is 4.79 Å². The maximum absolute atomic E-state index is 12.8. The first-order chi connectivity index (χ1) is 15.5. The number of carbonyl (C=O) groups excluding carboxylic acids is 1. The van der Waals surface area contributed by atoms with Gasteiger partial charge < -0.3 is 4.57 Å². The largest absolute Gasteiger partial charge is 0.317 e. The Kier molecular flexibility index (Phi) is 5.11. The molecule has 3 aromatic rings. The van der Waals surface area contributed by atoms with E-state index in [1.165, 1.54) is 16.8 Å². The van der Waals surface area contributed by atoms with Crippen molar-refractivity contribution in [2.24, 2.45) is 10.1 Å². The molecular weight excluding hydrogens is 418 g/mol. The molecule has 0 spiro atoms. The first kappa shape index (κ1) is 20.2. The van der Waals surface area contributed by atoms with Gasteiger partial charge in [0.1, 0.15) is 5.04 Å². The summed E-state index contributed by atoms with van der Waals surface area (Å²) < 4.78 is 2.04. The van der Waals surface area contributed by atoms with Crippen LogP contribution in [-0.2, 0) is 11.2 Å². The normalized spacial score (nSPS) is 16.9. The number of carbonyl (C=O) groups is 1. The lowest BCUT2D eigenvalue weighted by molar-refractivity contribution is -0.114. The van der Waals surface area contributed by atoms with Gasteiger partial charge in [0, 0.05) is 18.3 Å². The van der Waals surface area contributed by atoms with Crippen LogP contribution >= 0.6 is 11.8 Å². The molecule has 3 heterocycles. The van der Waals surface area contributed by atoms with Gasteiger partial charge in [0.2, 0.25) is 5.17 Å². The Morgan fingerprint density at radius 2 is 1.75 bits per heavy atom. The second-order valence-electron chi connectivity index (χ2n) is 7.72. The van der Waals surface area contributed by atoms with Gasteiger partial charge in [-0.15, -0.1) is 0 Å². The number of benzene rings is 2. The van der Waals surface area contributed by atoms with Crippen LogP contribution in [0.4, 0.5) is 0 Å². The van der Waals surface area contributed by atoms with E-state index in [2.05, 4.69) is 36.1 Å². The number of amidine groups is 2. The van der Waals surface area contributed by atoms with Crippen LogP contribution in [0.3, 0.4) is 0 Å². The van der Waals surface area contributed by atoms with Crippen molar-refractivity contribution in [2.75, 3.05) is 0 Å². The van der Waals surface area contributed by atoms with Crippen molar-refractivity contribution in [3.8, 4) is 5.69 Å². The molecule has 32 heavy (non-hydrogen) atoms. The van der Waals surface area contributed by atoms with E-state index in [0.717, 1.165) is 33.1 Å². The van der Waals surface area contributed by atoms with Crippen molar-refractivity contribution >= 4 is 39.8 Å². The minimum Gasteiger partial charge on any atom is -0.317 e. The van der Waals surface area contributed by atoms with Gasteiger partial charge in [-0.3, -0.25) is 10.2 Å². The van der Waals surface area contributed by atoms with Gasteiger partial charge in [0.15, 0.2) is 5.84 Å². The number of rotatable bonds is 4. The number of nitrogens with one attached hydrogen (secondary N) is 1. The highest BCUT2D eigenvalue weighted by Gasteiger charge is 2.35. The minimum absolute atomic E-state index is 0.0461. The zero-order chi connectivity index (χ0) is 22.2. The molecule has 158 valence electrons. The summed E-state index contributed by atoms with van der Waals surface area (Å²) in [5.41, 5.74) is 5.51. The maximum Gasteiger partial charge on any atom is 0.283 e. The highest BCUT2D eigenvalue weighted by molar-refractivity contribution is 8.26. The molecule has 0 saturated carbocycles. The summed E-state index contributed by atoms with van der Waals surface area (Å²) in [5, 5.41) is 15.9. The van der Waals surface area contributed by atoms with Gasteiger partial charge >= 0.3 is 0 Å². The predicted octanol–water partition coefficient (Wildman–Crippen LogP) is 4.96. The average Bonchev–Trinajstić information content (AvgIpc) is 3.39. The van der Waals surface area contributed by atoms with Crippen molar-refractivity contribution in [1.82, 2.24) is 9.58 Å². The number of hydrogen-bond acceptors (Lipinski definition) is 4. The van der Waals surface area contributed by atoms with Crippen LogP contribution in [-0.4, -0.2) is 31.5 Å². The third kappa shape index (κ3) is 3.61. The number of amides is 1. The molecule has 2 aliphatic rings. The number of hydrazone groups is 1. The third-order valence-corrected chi connectivity index (χ3v) is 6.36. The summed E-state index contributed by atoms with van der Waals surface area (Å²) in [6, 6.07) is 20.0. The Morgan fingerprint density at radius 3 is 2.50 bits per heavy atom. The van der Waals surface area contributed by atoms with Gasteiger partial charge in [-0.2, -0.15) is 15.1 Å². The van der Waals surface area contributed by atoms with Gasteiger partial charge in [0.25, 0.3) is 5.91 Å². The fraction of sp³-hybridized carbons (Fsp3) is 0.120. The van der Waals surface area contributed by atoms with Crippen LogP contribution in [0.1, 0.15) is 22.4 Å². The molecule has 1 amide bonds. The maximum atomic E-state index is 12.8. The summed E-state index contributed by atoms with van der Waals surface area (Å²) in [5.74, 6) is -0.371. The van der Waals surface area contributed by atoms with E-state index >= 15 is 0 Å². The van der Waals surface area contributed by atoms with E-state index < -0.39 is 5.91 Å². The first-order valence-electron chi connectivity index (χ1n) is 10.3. The molecule has 0 atom stereocenters. The topological polar surface area (TPSA) is 73.8 Å². The number of fused-ring (bicyclic) bond motifs is 1. The van der Waals surface area contributed by atoms with Gasteiger partial charge in [-0.25, -0.2) is 0 Å². The quantitative estimate of drug-likeness (QED) is 0.584. The standard InChI is InChI=1S/C25H21N5OS/c1-16-8-6-9-17(2)22(16)29-13-7-12-19(29)15-20-23(26)30-25(27-24(20)31)32-21(28-30)14-18-10-4-3-5-11-18/h3-13,15,26H,14H2,1-2H3/b20-15+,26-23?. The van der Waals surface area contributed by atoms with Gasteiger partial charge in [0.05, 0.1) is 11.3 Å². The summed E-state index contributed by atoms with van der Waals surface area (Å²) in [4.78, 5) is 17.0. The lowest BCUT2D eigenvalue weighted by atomic mass is 10.1. The Labute approximate surface area is 190 Å². The zero-order valence-corrected chi connectivity index (χ0v) is 18.6. The molecule has 0 aliphatic carbocycles. The molecule has 2 aromatic carbocycles. The molecule has 0 saturated heterocycles. The molecule has 0 radical (unpaired) electrons. The first-order valence-corrected chi connectivity index (χ1v) is 11.1. The monoisotopic (exact) mass is 439 g/mol. The number of thioether (sulfide) groups is 1. The Balaban J connectivity index is 1.48. The predicted molar refractivity (Wildman–Crippen MR) is 130 cm³/mol. The molecule has 2 aliphatic heterocycles. The molecule has 5 rings (SSSR count). The molecular formula is C25H21N5OS. The lowest BCUT2D eigenvalue weighted by Gasteiger charge is -2.20. The van der Waals surface area contributed by atoms with Gasteiger partial charge in [-0.05, 0) is 60.5 Å². The van der Waals surface area contributed by atoms with Crippen molar-refractivity contribution in [1.29, 1.82) is 5.41 Å². The van der Waals surface area contributed by atoms with Crippen LogP contribution in [0.5, 0.6) is 0 Å². The molecule has 1 N–H and O–H groups in total. The average molecular weight is 440 g/mol. The number of para-hydroxylation sites is 1. The molecule has 0 unspecified atom stereocenters. The van der Waals surface area contributed by atoms with E-state index in [9.17, 15) is 4.79 Å². The van der Waals surface area contributed by atoms with Crippen LogP contribution in [0.25, 0.3) is 11.8 Å². The Hall–Kier alpha value is -3.71. The summed E-state index contributed by atoms with van der Waals surface area (Å²) in [7, 11) is 0. The lowest BCUT2D eigenvalue weighted by Crippen LogP contribution is -2.35. The van der Waals surface area contributed by atoms with E-state index in [1.54, 1.807) is 6.08 Å². The highest BCUT2D eigenvalue weighted by Crippen LogP contribution is 2.30. The molecule has 7 heteroatoms. The van der Waals surface area contributed by atoms with Crippen molar-refractivity contribution in [2.45, 2.75) is 20.3 Å². The van der Waals surface area contributed by atoms with Crippen LogP contribution in [0, 0.1) is 19.3 Å². The summed E-state index contributed by atoms with van der Waals surface area (Å²) in [6.45, 7) is 4.13. The van der Waals surface area contributed by atoms with Crippen molar-refractivity contribution in [3.05, 3.63) is 94.8 Å². The minimum atomic E-state index is -0.417. The number of aryl methyl sites for hydroxylation is 2. The Morgan fingerprint density at radius 1 is 1.00 bits per heavy atom. The highest BCUT2D eigenvalue weighted by atomic mass is 32.2. The SMILES string of the molecule is Cc1cccc(C)c1-n1cccc1/C=C1\C(=N)N2N=C(Cc3ccccc3)SC2=NC1=O. The number of aromatic nitrogens is 1. The molecule has 0 bridgehead atoms. The van der Waals surface area contributed by atoms with E-state index in [0.29, 0.717) is 11.6 Å². The molecule has 1 aromatic heterocycles. The fourth-order valence-electron chi connectivity index (χ4n) is 3.92. The number of nitrogens with zero attached hydrogens (tertiary/aromatic N) is 4. The summed E-state index contributed by atoms with van der Waals surface area (Å²) in [6.07, 6.45) is 4.33. The zero-order valence-electron chi connectivity index (χ0n) is 17.7. The number of hydrogen-bond donors (Lipinski definition) is 1. The smallest absolute Gasteiger partial charge is 0.283 e. The second-order valence-corrected chi connectivity index (χ2v) is 8.76. The third-order valence-electron chi connectivity index (χ3n) is 5.45. The molecule has 6 nitrogen and oxygen atoms in total. The second kappa shape index (κ2) is 8.09. The Bertz CT molecular complexity index is 1310.